The Morgan fingerprint density at radius 3 is 2.36 bits per heavy atom. The van der Waals surface area contributed by atoms with E-state index in [1.54, 1.807) is 7.11 Å². The molecule has 2 rings (SSSR count). The largest absolute Gasteiger partial charge is 0.493 e. The van der Waals surface area contributed by atoms with E-state index >= 15 is 0 Å². The molecule has 1 aromatic rings. The molecule has 0 aliphatic heterocycles. The number of amides is 1. The average Bonchev–Trinajstić information content (AvgIpc) is 3.12. The summed E-state index contributed by atoms with van der Waals surface area (Å²) in [5, 5.41) is 2.72. The smallest absolute Gasteiger partial charge is 0.412 e. The van der Waals surface area contributed by atoms with E-state index < -0.39 is 11.7 Å². The first-order valence-electron chi connectivity index (χ1n) is 7.26. The van der Waals surface area contributed by atoms with E-state index in [0.29, 0.717) is 23.1 Å². The number of anilines is 1. The van der Waals surface area contributed by atoms with Crippen LogP contribution >= 0.6 is 0 Å². The van der Waals surface area contributed by atoms with Crippen LogP contribution < -0.4 is 20.5 Å². The van der Waals surface area contributed by atoms with E-state index in [-0.39, 0.29) is 6.04 Å². The average molecular weight is 308 g/mol. The molecule has 0 unspecified atom stereocenters. The first kappa shape index (κ1) is 16.4. The number of rotatable bonds is 4. The maximum Gasteiger partial charge on any atom is 0.412 e. The highest BCUT2D eigenvalue weighted by atomic mass is 16.6. The van der Waals surface area contributed by atoms with Gasteiger partial charge >= 0.3 is 6.09 Å². The molecule has 0 heterocycles. The number of benzene rings is 1. The molecule has 122 valence electrons. The molecule has 3 N–H and O–H groups in total. The Balaban J connectivity index is 2.29. The van der Waals surface area contributed by atoms with Gasteiger partial charge in [-0.05, 0) is 44.9 Å². The molecule has 0 bridgehead atoms. The molecule has 1 amide bonds. The van der Waals surface area contributed by atoms with E-state index in [9.17, 15) is 4.79 Å². The Kier molecular flexibility index (Phi) is 4.51. The quantitative estimate of drug-likeness (QED) is 0.893. The van der Waals surface area contributed by atoms with Gasteiger partial charge in [0, 0.05) is 12.0 Å². The summed E-state index contributed by atoms with van der Waals surface area (Å²) in [5.74, 6) is 1.32. The first-order chi connectivity index (χ1) is 10.2. The third-order valence-corrected chi connectivity index (χ3v) is 3.40. The second kappa shape index (κ2) is 6.04. The fourth-order valence-corrected chi connectivity index (χ4v) is 2.30. The molecule has 0 saturated heterocycles. The minimum Gasteiger partial charge on any atom is -0.493 e. The Morgan fingerprint density at radius 2 is 1.91 bits per heavy atom. The lowest BCUT2D eigenvalue weighted by molar-refractivity contribution is 0.0635. The zero-order chi connectivity index (χ0) is 16.5. The van der Waals surface area contributed by atoms with Crippen molar-refractivity contribution in [3.8, 4) is 11.5 Å². The van der Waals surface area contributed by atoms with E-state index in [2.05, 4.69) is 5.32 Å². The lowest BCUT2D eigenvalue weighted by Gasteiger charge is -2.21. The van der Waals surface area contributed by atoms with E-state index in [1.807, 2.05) is 32.9 Å². The lowest BCUT2D eigenvalue weighted by atomic mass is 10.1. The third kappa shape index (κ3) is 3.82. The normalized spacial score (nSPS) is 20.3. The zero-order valence-corrected chi connectivity index (χ0v) is 13.7. The van der Waals surface area contributed by atoms with Crippen LogP contribution in [-0.4, -0.2) is 32.0 Å². The molecule has 0 radical (unpaired) electrons. The van der Waals surface area contributed by atoms with Gasteiger partial charge in [0.2, 0.25) is 0 Å². The molecule has 6 heteroatoms. The second-order valence-corrected chi connectivity index (χ2v) is 6.44. The Hall–Kier alpha value is -1.95. The standard InChI is InChI=1S/C16H24N2O4/c1-16(2,3)22-15(19)18-12-6-9(10-8-11(10)17)7-13(20-4)14(12)21-5/h6-7,10-11H,8,17H2,1-5H3,(H,18,19)/t10-,11+/m0/s1. The summed E-state index contributed by atoms with van der Waals surface area (Å²) in [4.78, 5) is 12.0. The highest BCUT2D eigenvalue weighted by Gasteiger charge is 2.36. The fraction of sp³-hybridized carbons (Fsp3) is 0.562. The van der Waals surface area contributed by atoms with Crippen LogP contribution in [0.25, 0.3) is 0 Å². The highest BCUT2D eigenvalue weighted by Crippen LogP contribution is 2.45. The van der Waals surface area contributed by atoms with E-state index in [4.69, 9.17) is 19.9 Å². The third-order valence-electron chi connectivity index (χ3n) is 3.40. The number of carbonyl (C=O) groups is 1. The number of hydrogen-bond acceptors (Lipinski definition) is 5. The summed E-state index contributed by atoms with van der Waals surface area (Å²) in [7, 11) is 3.09. The summed E-state index contributed by atoms with van der Waals surface area (Å²) in [6.45, 7) is 5.43. The number of hydrogen-bond donors (Lipinski definition) is 2. The van der Waals surface area contributed by atoms with Crippen LogP contribution in [-0.2, 0) is 4.74 Å². The SMILES string of the molecule is COc1cc([C@@H]2C[C@H]2N)cc(NC(=O)OC(C)(C)C)c1OC. The molecule has 1 fully saturated rings. The van der Waals surface area contributed by atoms with Crippen molar-refractivity contribution in [2.24, 2.45) is 5.73 Å². The van der Waals surface area contributed by atoms with Crippen molar-refractivity contribution < 1.29 is 19.0 Å². The summed E-state index contributed by atoms with van der Waals surface area (Å²) >= 11 is 0. The van der Waals surface area contributed by atoms with Gasteiger partial charge in [-0.3, -0.25) is 5.32 Å². The van der Waals surface area contributed by atoms with E-state index in [1.165, 1.54) is 7.11 Å². The second-order valence-electron chi connectivity index (χ2n) is 6.44. The van der Waals surface area contributed by atoms with Crippen molar-refractivity contribution in [1.82, 2.24) is 0 Å². The van der Waals surface area contributed by atoms with Crippen molar-refractivity contribution in [2.45, 2.75) is 44.8 Å². The van der Waals surface area contributed by atoms with Crippen LogP contribution in [0.1, 0.15) is 38.7 Å². The zero-order valence-electron chi connectivity index (χ0n) is 13.7. The molecule has 22 heavy (non-hydrogen) atoms. The molecule has 0 aromatic heterocycles. The lowest BCUT2D eigenvalue weighted by Crippen LogP contribution is -2.27. The number of nitrogens with one attached hydrogen (secondary N) is 1. The van der Waals surface area contributed by atoms with Crippen LogP contribution in [0.4, 0.5) is 10.5 Å². The van der Waals surface area contributed by atoms with Crippen LogP contribution in [0.15, 0.2) is 12.1 Å². The number of methoxy groups -OCH3 is 2. The summed E-state index contributed by atoms with van der Waals surface area (Å²) in [6.07, 6.45) is 0.395. The van der Waals surface area contributed by atoms with Gasteiger partial charge in [-0.2, -0.15) is 0 Å². The summed E-state index contributed by atoms with van der Waals surface area (Å²) < 4.78 is 16.0. The van der Waals surface area contributed by atoms with Gasteiger partial charge in [0.1, 0.15) is 5.60 Å². The maximum absolute atomic E-state index is 12.0. The predicted octanol–water partition coefficient (Wildman–Crippen LogP) is 2.87. The Labute approximate surface area is 130 Å². The van der Waals surface area contributed by atoms with Gasteiger partial charge in [0.05, 0.1) is 19.9 Å². The number of carbonyl (C=O) groups excluding carboxylic acids is 1. The number of nitrogens with two attached hydrogens (primary N) is 1. The van der Waals surface area contributed by atoms with Gasteiger partial charge < -0.3 is 19.9 Å². The number of ether oxygens (including phenoxy) is 3. The van der Waals surface area contributed by atoms with Crippen molar-refractivity contribution in [3.63, 3.8) is 0 Å². The summed E-state index contributed by atoms with van der Waals surface area (Å²) in [6, 6.07) is 3.92. The van der Waals surface area contributed by atoms with Crippen molar-refractivity contribution in [3.05, 3.63) is 17.7 Å². The molecule has 1 aliphatic rings. The van der Waals surface area contributed by atoms with Gasteiger partial charge in [0.25, 0.3) is 0 Å². The van der Waals surface area contributed by atoms with Gasteiger partial charge in [0.15, 0.2) is 11.5 Å². The molecule has 2 atom stereocenters. The molecule has 0 spiro atoms. The summed E-state index contributed by atoms with van der Waals surface area (Å²) in [5.41, 5.74) is 6.88. The molecular formula is C16H24N2O4. The van der Waals surface area contributed by atoms with E-state index in [0.717, 1.165) is 12.0 Å². The van der Waals surface area contributed by atoms with Crippen LogP contribution in [0, 0.1) is 0 Å². The van der Waals surface area contributed by atoms with Crippen LogP contribution in [0.3, 0.4) is 0 Å². The molecular weight excluding hydrogens is 284 g/mol. The molecule has 6 nitrogen and oxygen atoms in total. The predicted molar refractivity (Wildman–Crippen MR) is 84.7 cm³/mol. The molecule has 1 aliphatic carbocycles. The topological polar surface area (TPSA) is 82.8 Å². The Morgan fingerprint density at radius 1 is 1.27 bits per heavy atom. The molecule has 1 aromatic carbocycles. The Bertz CT molecular complexity index is 566. The van der Waals surface area contributed by atoms with Crippen LogP contribution in [0.2, 0.25) is 0 Å². The van der Waals surface area contributed by atoms with Gasteiger partial charge in [-0.25, -0.2) is 4.79 Å². The van der Waals surface area contributed by atoms with Crippen molar-refractivity contribution >= 4 is 11.8 Å². The van der Waals surface area contributed by atoms with Crippen molar-refractivity contribution in [1.29, 1.82) is 0 Å². The van der Waals surface area contributed by atoms with Gasteiger partial charge in [-0.1, -0.05) is 0 Å². The highest BCUT2D eigenvalue weighted by molar-refractivity contribution is 5.88. The monoisotopic (exact) mass is 308 g/mol. The minimum absolute atomic E-state index is 0.160. The maximum atomic E-state index is 12.0. The van der Waals surface area contributed by atoms with Crippen LogP contribution in [0.5, 0.6) is 11.5 Å². The van der Waals surface area contributed by atoms with Gasteiger partial charge in [-0.15, -0.1) is 0 Å². The first-order valence-corrected chi connectivity index (χ1v) is 7.26. The minimum atomic E-state index is -0.572. The van der Waals surface area contributed by atoms with Crippen molar-refractivity contribution in [2.75, 3.05) is 19.5 Å². The molecule has 1 saturated carbocycles. The fourth-order valence-electron chi connectivity index (χ4n) is 2.30.